The van der Waals surface area contributed by atoms with Crippen molar-refractivity contribution in [3.8, 4) is 11.5 Å². The molecule has 5 rings (SSSR count). The van der Waals surface area contributed by atoms with Crippen LogP contribution in [-0.2, 0) is 16.2 Å². The van der Waals surface area contributed by atoms with Crippen molar-refractivity contribution in [1.29, 1.82) is 0 Å². The average Bonchev–Trinajstić information content (AvgIpc) is 3.51. The Morgan fingerprint density at radius 1 is 1.09 bits per heavy atom. The van der Waals surface area contributed by atoms with Crippen LogP contribution in [0, 0.1) is 33.8 Å². The van der Waals surface area contributed by atoms with Gasteiger partial charge in [0.05, 0.1) is 30.1 Å². The Morgan fingerprint density at radius 2 is 1.82 bits per heavy atom. The molecule has 33 heavy (non-hydrogen) atoms. The van der Waals surface area contributed by atoms with Gasteiger partial charge in [-0.3, -0.25) is 19.7 Å². The number of nitro benzene ring substituents is 1. The molecule has 2 aliphatic carbocycles. The lowest BCUT2D eigenvalue weighted by molar-refractivity contribution is -0.384. The van der Waals surface area contributed by atoms with E-state index in [0.29, 0.717) is 22.6 Å². The number of amides is 2. The fourth-order valence-corrected chi connectivity index (χ4v) is 4.93. The Labute approximate surface area is 189 Å². The summed E-state index contributed by atoms with van der Waals surface area (Å²) < 4.78 is 11.2. The molecule has 2 aromatic rings. The summed E-state index contributed by atoms with van der Waals surface area (Å²) in [6.45, 7) is 0.126. The lowest BCUT2D eigenvalue weighted by atomic mass is 9.85. The van der Waals surface area contributed by atoms with E-state index in [2.05, 4.69) is 5.10 Å². The third-order valence-electron chi connectivity index (χ3n) is 6.47. The number of non-ortho nitro benzene ring substituents is 1. The van der Waals surface area contributed by atoms with Gasteiger partial charge in [0.2, 0.25) is 0 Å². The topological polar surface area (TPSA) is 111 Å². The van der Waals surface area contributed by atoms with Gasteiger partial charge in [-0.15, -0.1) is 0 Å². The number of nitro groups is 1. The van der Waals surface area contributed by atoms with Gasteiger partial charge in [-0.2, -0.15) is 10.1 Å². The first kappa shape index (κ1) is 20.9. The second-order valence-electron chi connectivity index (χ2n) is 8.36. The van der Waals surface area contributed by atoms with Crippen molar-refractivity contribution in [2.75, 3.05) is 7.11 Å². The lowest BCUT2D eigenvalue weighted by Gasteiger charge is -2.13. The summed E-state index contributed by atoms with van der Waals surface area (Å²) in [6.07, 6.45) is 6.42. The van der Waals surface area contributed by atoms with Crippen molar-refractivity contribution < 1.29 is 24.0 Å². The molecule has 168 valence electrons. The van der Waals surface area contributed by atoms with Crippen molar-refractivity contribution >= 4 is 23.7 Å². The lowest BCUT2D eigenvalue weighted by Crippen LogP contribution is -2.28. The molecule has 9 heteroatoms. The van der Waals surface area contributed by atoms with Crippen LogP contribution in [0.15, 0.2) is 59.7 Å². The maximum absolute atomic E-state index is 12.7. The molecule has 0 spiro atoms. The van der Waals surface area contributed by atoms with Gasteiger partial charge in [0, 0.05) is 12.1 Å². The number of allylic oxidation sites excluding steroid dienone is 2. The Hall–Kier alpha value is -4.01. The van der Waals surface area contributed by atoms with Crippen molar-refractivity contribution in [1.82, 2.24) is 5.01 Å². The molecule has 3 aliphatic rings. The minimum atomic E-state index is -0.456. The largest absolute Gasteiger partial charge is 0.493 e. The Kier molecular flexibility index (Phi) is 5.16. The minimum Gasteiger partial charge on any atom is -0.493 e. The zero-order valence-electron chi connectivity index (χ0n) is 17.8. The van der Waals surface area contributed by atoms with Crippen LogP contribution in [0.4, 0.5) is 5.69 Å². The molecule has 1 saturated heterocycles. The summed E-state index contributed by atoms with van der Waals surface area (Å²) in [7, 11) is 1.49. The highest BCUT2D eigenvalue weighted by atomic mass is 16.6. The number of hydrogen-bond donors (Lipinski definition) is 0. The van der Waals surface area contributed by atoms with E-state index in [1.54, 1.807) is 30.3 Å². The van der Waals surface area contributed by atoms with Crippen molar-refractivity contribution in [2.45, 2.75) is 13.0 Å². The van der Waals surface area contributed by atoms with E-state index in [0.717, 1.165) is 11.4 Å². The molecule has 0 unspecified atom stereocenters. The second kappa shape index (κ2) is 8.16. The van der Waals surface area contributed by atoms with Crippen LogP contribution >= 0.6 is 0 Å². The summed E-state index contributed by atoms with van der Waals surface area (Å²) in [6, 6.07) is 11.3. The van der Waals surface area contributed by atoms with Gasteiger partial charge in [-0.05, 0) is 47.6 Å². The zero-order chi connectivity index (χ0) is 23.1. The molecule has 0 N–H and O–H groups in total. The normalized spacial score (nSPS) is 25.2. The fourth-order valence-electron chi connectivity index (χ4n) is 4.93. The Morgan fingerprint density at radius 3 is 2.48 bits per heavy atom. The number of rotatable bonds is 7. The third kappa shape index (κ3) is 3.65. The van der Waals surface area contributed by atoms with Crippen molar-refractivity contribution in [3.63, 3.8) is 0 Å². The molecule has 1 saturated carbocycles. The van der Waals surface area contributed by atoms with E-state index in [1.165, 1.54) is 25.5 Å². The summed E-state index contributed by atoms with van der Waals surface area (Å²) in [4.78, 5) is 36.0. The van der Waals surface area contributed by atoms with E-state index in [4.69, 9.17) is 9.47 Å². The van der Waals surface area contributed by atoms with E-state index >= 15 is 0 Å². The first-order valence-corrected chi connectivity index (χ1v) is 10.6. The maximum atomic E-state index is 12.7. The van der Waals surface area contributed by atoms with E-state index in [9.17, 15) is 19.7 Å². The van der Waals surface area contributed by atoms with Crippen molar-refractivity contribution in [3.05, 3.63) is 75.9 Å². The number of nitrogens with zero attached hydrogens (tertiary/aromatic N) is 3. The van der Waals surface area contributed by atoms with Gasteiger partial charge >= 0.3 is 0 Å². The van der Waals surface area contributed by atoms with Crippen LogP contribution in [0.5, 0.6) is 11.5 Å². The number of carbonyl (C=O) groups excluding carboxylic acids is 2. The number of ether oxygens (including phenoxy) is 2. The van der Waals surface area contributed by atoms with Gasteiger partial charge in [0.25, 0.3) is 17.5 Å². The molecule has 2 fully saturated rings. The molecule has 2 amide bonds. The molecular weight excluding hydrogens is 426 g/mol. The van der Waals surface area contributed by atoms with Gasteiger partial charge < -0.3 is 9.47 Å². The second-order valence-corrected chi connectivity index (χ2v) is 8.36. The van der Waals surface area contributed by atoms with E-state index in [1.807, 2.05) is 12.2 Å². The highest BCUT2D eigenvalue weighted by molar-refractivity contribution is 6.06. The molecule has 1 aliphatic heterocycles. The molecule has 2 bridgehead atoms. The Bertz CT molecular complexity index is 1180. The van der Waals surface area contributed by atoms with Gasteiger partial charge in [0.15, 0.2) is 11.5 Å². The standard InChI is InChI=1S/C24H21N3O6/c1-32-20-10-14(5-8-19(20)33-13-15-3-2-4-18(9-15)27(30)31)12-25-26-23(28)21-16-6-7-17(11-16)22(21)24(26)29/h2-10,12,16-17,21-22H,11,13H2,1H3/t16-,17-,21-,22+/m0/s1. The molecule has 4 atom stereocenters. The Balaban J connectivity index is 1.28. The monoisotopic (exact) mass is 447 g/mol. The van der Waals surface area contributed by atoms with Crippen LogP contribution in [0.3, 0.4) is 0 Å². The van der Waals surface area contributed by atoms with Crippen LogP contribution < -0.4 is 9.47 Å². The van der Waals surface area contributed by atoms with Crippen LogP contribution in [0.2, 0.25) is 0 Å². The zero-order valence-corrected chi connectivity index (χ0v) is 17.8. The number of hydrogen-bond acceptors (Lipinski definition) is 7. The van der Waals surface area contributed by atoms with Crippen LogP contribution in [0.1, 0.15) is 17.5 Å². The van der Waals surface area contributed by atoms with Gasteiger partial charge in [-0.25, -0.2) is 0 Å². The van der Waals surface area contributed by atoms with Crippen LogP contribution in [-0.4, -0.2) is 35.1 Å². The van der Waals surface area contributed by atoms with Crippen LogP contribution in [0.25, 0.3) is 0 Å². The quantitative estimate of drug-likeness (QED) is 0.212. The van der Waals surface area contributed by atoms with Crippen molar-refractivity contribution in [2.24, 2.45) is 28.8 Å². The van der Waals surface area contributed by atoms with E-state index in [-0.39, 0.29) is 47.8 Å². The summed E-state index contributed by atoms with van der Waals surface area (Å²) in [5, 5.41) is 16.1. The number of carbonyl (C=O) groups is 2. The minimum absolute atomic E-state index is 0.00596. The summed E-state index contributed by atoms with van der Waals surface area (Å²) >= 11 is 0. The molecule has 0 aromatic heterocycles. The molecule has 2 aromatic carbocycles. The highest BCUT2D eigenvalue weighted by Gasteiger charge is 2.59. The predicted molar refractivity (Wildman–Crippen MR) is 118 cm³/mol. The SMILES string of the molecule is COc1cc(C=NN2C(=O)[C@@H]3[C@H](C2=O)[C@H]2C=C[C@H]3C2)ccc1OCc1cccc([N+](=O)[O-])c1. The molecule has 1 heterocycles. The average molecular weight is 447 g/mol. The van der Waals surface area contributed by atoms with Gasteiger partial charge in [0.1, 0.15) is 6.61 Å². The first-order chi connectivity index (χ1) is 16.0. The maximum Gasteiger partial charge on any atom is 0.269 e. The van der Waals surface area contributed by atoms with Gasteiger partial charge in [-0.1, -0.05) is 24.3 Å². The van der Waals surface area contributed by atoms with E-state index < -0.39 is 4.92 Å². The smallest absolute Gasteiger partial charge is 0.269 e. The number of benzene rings is 2. The molecule has 0 radical (unpaired) electrons. The third-order valence-corrected chi connectivity index (χ3v) is 6.47. The number of imide groups is 1. The summed E-state index contributed by atoms with van der Waals surface area (Å²) in [5.74, 6) is 0.115. The fraction of sp³-hybridized carbons (Fsp3) is 0.292. The number of methoxy groups -OCH3 is 1. The molecular formula is C24H21N3O6. The first-order valence-electron chi connectivity index (χ1n) is 10.6. The predicted octanol–water partition coefficient (Wildman–Crippen LogP) is 3.32. The molecule has 9 nitrogen and oxygen atoms in total. The summed E-state index contributed by atoms with van der Waals surface area (Å²) in [5.41, 5.74) is 1.28. The number of fused-ring (bicyclic) bond motifs is 5. The number of hydrazone groups is 1. The highest BCUT2D eigenvalue weighted by Crippen LogP contribution is 2.52.